The van der Waals surface area contributed by atoms with Gasteiger partial charge in [0.25, 0.3) is 0 Å². The Hall–Kier alpha value is -2.59. The molecule has 0 saturated carbocycles. The Morgan fingerprint density at radius 1 is 1.22 bits per heavy atom. The van der Waals surface area contributed by atoms with Crippen molar-refractivity contribution in [3.63, 3.8) is 0 Å². The second-order valence-corrected chi connectivity index (χ2v) is 6.30. The van der Waals surface area contributed by atoms with Gasteiger partial charge in [0.2, 0.25) is 0 Å². The molecular weight excluding hydrogens is 352 g/mol. The predicted octanol–water partition coefficient (Wildman–Crippen LogP) is -0.911. The van der Waals surface area contributed by atoms with Gasteiger partial charge in [-0.05, 0) is 11.6 Å². The first-order chi connectivity index (χ1) is 13.1. The maximum atomic E-state index is 11.9. The molecule has 144 valence electrons. The summed E-state index contributed by atoms with van der Waals surface area (Å²) in [4.78, 5) is 11.9. The molecule has 0 aliphatic carbocycles. The Morgan fingerprint density at radius 2 is 1.96 bits per heavy atom. The Kier molecular flexibility index (Phi) is 6.30. The molecule has 0 unspecified atom stereocenters. The quantitative estimate of drug-likeness (QED) is 0.362. The van der Waals surface area contributed by atoms with E-state index < -0.39 is 30.3 Å². The maximum absolute atomic E-state index is 11.9. The Labute approximate surface area is 155 Å². The third-order valence-electron chi connectivity index (χ3n) is 4.44. The number of rotatable bonds is 7. The normalized spacial score (nSPS) is 25.1. The topological polar surface area (TPSA) is 130 Å². The van der Waals surface area contributed by atoms with Gasteiger partial charge >= 0.3 is 5.97 Å². The van der Waals surface area contributed by atoms with E-state index >= 15 is 0 Å². The highest BCUT2D eigenvalue weighted by Gasteiger charge is 2.40. The van der Waals surface area contributed by atoms with Crippen molar-refractivity contribution in [2.75, 3.05) is 6.61 Å². The molecule has 9 heteroatoms. The van der Waals surface area contributed by atoms with Crippen LogP contribution in [0.25, 0.3) is 6.08 Å². The van der Waals surface area contributed by atoms with Crippen LogP contribution in [0.4, 0.5) is 0 Å². The van der Waals surface area contributed by atoms with E-state index in [4.69, 9.17) is 4.74 Å². The minimum absolute atomic E-state index is 0.0280. The van der Waals surface area contributed by atoms with E-state index in [0.717, 1.165) is 5.56 Å². The van der Waals surface area contributed by atoms with Crippen LogP contribution in [-0.2, 0) is 22.7 Å². The number of aliphatic hydroxyl groups is 3. The second-order valence-electron chi connectivity index (χ2n) is 6.30. The number of carbonyl (C=O) groups is 1. The van der Waals surface area contributed by atoms with Gasteiger partial charge in [-0.15, -0.1) is 5.10 Å². The maximum Gasteiger partial charge on any atom is 0.331 e. The molecule has 0 radical (unpaired) electrons. The van der Waals surface area contributed by atoms with Gasteiger partial charge in [-0.2, -0.15) is 0 Å². The summed E-state index contributed by atoms with van der Waals surface area (Å²) >= 11 is 0. The van der Waals surface area contributed by atoms with E-state index in [1.54, 1.807) is 6.08 Å². The van der Waals surface area contributed by atoms with Crippen molar-refractivity contribution < 1.29 is 24.9 Å². The van der Waals surface area contributed by atoms with Gasteiger partial charge in [-0.3, -0.25) is 0 Å². The zero-order chi connectivity index (χ0) is 19.2. The van der Waals surface area contributed by atoms with E-state index in [-0.39, 0.29) is 19.8 Å². The lowest BCUT2D eigenvalue weighted by Crippen LogP contribution is -2.38. The lowest BCUT2D eigenvalue weighted by molar-refractivity contribution is -0.139. The first kappa shape index (κ1) is 19.2. The van der Waals surface area contributed by atoms with Crippen molar-refractivity contribution in [3.05, 3.63) is 53.9 Å². The molecule has 0 amide bonds. The number of nitrogens with one attached hydrogen (secondary N) is 1. The molecule has 1 fully saturated rings. The Morgan fingerprint density at radius 3 is 2.67 bits per heavy atom. The van der Waals surface area contributed by atoms with Crippen LogP contribution in [0.2, 0.25) is 0 Å². The fourth-order valence-corrected chi connectivity index (χ4v) is 2.92. The van der Waals surface area contributed by atoms with Gasteiger partial charge in [-0.1, -0.05) is 35.5 Å². The third kappa shape index (κ3) is 4.77. The summed E-state index contributed by atoms with van der Waals surface area (Å²) in [5.41, 5.74) is 1.44. The zero-order valence-corrected chi connectivity index (χ0v) is 14.5. The van der Waals surface area contributed by atoms with E-state index in [1.807, 2.05) is 30.3 Å². The minimum Gasteiger partial charge on any atom is -0.456 e. The van der Waals surface area contributed by atoms with E-state index in [9.17, 15) is 20.1 Å². The van der Waals surface area contributed by atoms with Crippen LogP contribution in [0, 0.1) is 0 Å². The van der Waals surface area contributed by atoms with Gasteiger partial charge in [-0.25, -0.2) is 9.48 Å². The molecule has 4 N–H and O–H groups in total. The van der Waals surface area contributed by atoms with Crippen molar-refractivity contribution in [2.24, 2.45) is 0 Å². The highest BCUT2D eigenvalue weighted by molar-refractivity contribution is 5.86. The molecule has 1 saturated heterocycles. The molecule has 0 bridgehead atoms. The van der Waals surface area contributed by atoms with Crippen molar-refractivity contribution in [2.45, 2.75) is 37.4 Å². The van der Waals surface area contributed by atoms with Gasteiger partial charge in [0, 0.05) is 6.08 Å². The summed E-state index contributed by atoms with van der Waals surface area (Å²) in [7, 11) is 0. The van der Waals surface area contributed by atoms with Gasteiger partial charge in [0.05, 0.1) is 49.3 Å². The number of hydrogen-bond acceptors (Lipinski definition) is 8. The fraction of sp³-hybridized carbons (Fsp3) is 0.389. The average Bonchev–Trinajstić information content (AvgIpc) is 3.25. The first-order valence-corrected chi connectivity index (χ1v) is 8.59. The molecule has 2 aromatic rings. The number of ether oxygens (including phenoxy) is 1. The highest BCUT2D eigenvalue weighted by Crippen LogP contribution is 2.16. The molecule has 1 aliphatic rings. The highest BCUT2D eigenvalue weighted by atomic mass is 16.5. The summed E-state index contributed by atoms with van der Waals surface area (Å²) in [6.07, 6.45) is 2.36. The SMILES string of the molecule is O=C(/C=C/c1ccccc1)OCc1cnnn1C[C@H]1N[C@H](CO)[C@@H](O)[C@@H]1O. The van der Waals surface area contributed by atoms with Crippen LogP contribution in [0.15, 0.2) is 42.6 Å². The summed E-state index contributed by atoms with van der Waals surface area (Å²) < 4.78 is 6.69. The largest absolute Gasteiger partial charge is 0.456 e. The van der Waals surface area contributed by atoms with Crippen LogP contribution < -0.4 is 5.32 Å². The first-order valence-electron chi connectivity index (χ1n) is 8.59. The van der Waals surface area contributed by atoms with Crippen molar-refractivity contribution in [1.29, 1.82) is 0 Å². The van der Waals surface area contributed by atoms with Crippen LogP contribution in [0.1, 0.15) is 11.3 Å². The Bertz CT molecular complexity index is 779. The van der Waals surface area contributed by atoms with Crippen LogP contribution in [0.5, 0.6) is 0 Å². The zero-order valence-electron chi connectivity index (χ0n) is 14.5. The smallest absolute Gasteiger partial charge is 0.331 e. The molecular formula is C18H22N4O5. The number of hydrogen-bond donors (Lipinski definition) is 4. The van der Waals surface area contributed by atoms with E-state index in [1.165, 1.54) is 17.0 Å². The number of aliphatic hydroxyl groups excluding tert-OH is 3. The van der Waals surface area contributed by atoms with Crippen molar-refractivity contribution in [3.8, 4) is 0 Å². The standard InChI is InChI=1S/C18H22N4O5/c23-10-15-18(26)17(25)14(20-15)9-22-13(8-19-21-22)11-27-16(24)7-6-12-4-2-1-3-5-12/h1-8,14-15,17-18,20,23,25-26H,9-11H2/b7-6+/t14-,15-,17-,18-/m1/s1. The number of nitrogens with zero attached hydrogens (tertiary/aromatic N) is 3. The molecule has 1 aromatic carbocycles. The number of benzene rings is 1. The molecule has 9 nitrogen and oxygen atoms in total. The van der Waals surface area contributed by atoms with Gasteiger partial charge in [0.15, 0.2) is 0 Å². The molecule has 2 heterocycles. The monoisotopic (exact) mass is 374 g/mol. The van der Waals surface area contributed by atoms with Crippen LogP contribution in [-0.4, -0.2) is 67.2 Å². The molecule has 4 atom stereocenters. The van der Waals surface area contributed by atoms with Crippen LogP contribution >= 0.6 is 0 Å². The van der Waals surface area contributed by atoms with Crippen molar-refractivity contribution >= 4 is 12.0 Å². The van der Waals surface area contributed by atoms with Crippen molar-refractivity contribution in [1.82, 2.24) is 20.3 Å². The molecule has 1 aromatic heterocycles. The van der Waals surface area contributed by atoms with Crippen LogP contribution in [0.3, 0.4) is 0 Å². The molecule has 3 rings (SSSR count). The van der Waals surface area contributed by atoms with Gasteiger partial charge in [0.1, 0.15) is 6.61 Å². The minimum atomic E-state index is -1.06. The summed E-state index contributed by atoms with van der Waals surface area (Å²) in [5, 5.41) is 39.8. The number of carbonyl (C=O) groups excluding carboxylic acids is 1. The second kappa shape index (κ2) is 8.87. The third-order valence-corrected chi connectivity index (χ3v) is 4.44. The Balaban J connectivity index is 1.54. The number of aromatic nitrogens is 3. The predicted molar refractivity (Wildman–Crippen MR) is 95.1 cm³/mol. The number of esters is 1. The molecule has 27 heavy (non-hydrogen) atoms. The molecule has 1 aliphatic heterocycles. The molecule has 0 spiro atoms. The van der Waals surface area contributed by atoms with E-state index in [0.29, 0.717) is 5.69 Å². The van der Waals surface area contributed by atoms with E-state index in [2.05, 4.69) is 15.6 Å². The summed E-state index contributed by atoms with van der Waals surface area (Å²) in [5.74, 6) is -0.499. The lowest BCUT2D eigenvalue weighted by Gasteiger charge is -2.16. The summed E-state index contributed by atoms with van der Waals surface area (Å²) in [6.45, 7) is -0.106. The average molecular weight is 374 g/mol. The van der Waals surface area contributed by atoms with Gasteiger partial charge < -0.3 is 25.4 Å². The lowest BCUT2D eigenvalue weighted by atomic mass is 10.1. The summed E-state index contributed by atoms with van der Waals surface area (Å²) in [6, 6.07) is 8.27. The fourth-order valence-electron chi connectivity index (χ4n) is 2.92.